The molecule has 2 aromatic heterocycles. The average Bonchev–Trinajstić information content (AvgIpc) is 2.96. The zero-order valence-electron chi connectivity index (χ0n) is 13.3. The zero-order valence-corrected chi connectivity index (χ0v) is 14.9. The van der Waals surface area contributed by atoms with E-state index >= 15 is 0 Å². The molecule has 0 aliphatic carbocycles. The molecule has 10 heteroatoms. The van der Waals surface area contributed by atoms with E-state index in [1.807, 2.05) is 6.07 Å². The monoisotopic (exact) mass is 414 g/mol. The Bertz CT molecular complexity index is 1090. The van der Waals surface area contributed by atoms with E-state index in [0.29, 0.717) is 5.69 Å². The van der Waals surface area contributed by atoms with Crippen molar-refractivity contribution in [2.24, 2.45) is 7.05 Å². The lowest BCUT2D eigenvalue weighted by atomic mass is 10.3. The van der Waals surface area contributed by atoms with Crippen molar-refractivity contribution in [1.82, 2.24) is 19.6 Å². The summed E-state index contributed by atoms with van der Waals surface area (Å²) in [5, 5.41) is 29.3. The summed E-state index contributed by atoms with van der Waals surface area (Å²) in [6.07, 6.45) is 1.30. The van der Waals surface area contributed by atoms with Crippen LogP contribution in [0.25, 0.3) is 5.69 Å². The minimum atomic E-state index is -0.784. The van der Waals surface area contributed by atoms with Crippen LogP contribution in [0.15, 0.2) is 45.8 Å². The van der Waals surface area contributed by atoms with Crippen LogP contribution in [0.5, 0.6) is 5.75 Å². The Hall–Kier alpha value is -3.45. The minimum absolute atomic E-state index is 0.153. The normalized spacial score (nSPS) is 10.3. The molecule has 0 spiro atoms. The smallest absolute Gasteiger partial charge is 0.281 e. The van der Waals surface area contributed by atoms with Crippen LogP contribution in [-0.4, -0.2) is 30.6 Å². The van der Waals surface area contributed by atoms with Crippen LogP contribution in [-0.2, 0) is 7.05 Å². The van der Waals surface area contributed by atoms with Crippen molar-refractivity contribution in [3.05, 3.63) is 62.6 Å². The van der Waals surface area contributed by atoms with Gasteiger partial charge in [-0.25, -0.2) is 0 Å². The predicted molar refractivity (Wildman–Crippen MR) is 95.1 cm³/mol. The van der Waals surface area contributed by atoms with E-state index in [-0.39, 0.29) is 17.1 Å². The number of aromatic nitrogens is 4. The Labute approximate surface area is 155 Å². The van der Waals surface area contributed by atoms with E-state index in [9.17, 15) is 14.7 Å². The molecular weight excluding hydrogens is 404 g/mol. The first-order chi connectivity index (χ1) is 12.4. The van der Waals surface area contributed by atoms with Crippen LogP contribution >= 0.6 is 15.9 Å². The summed E-state index contributed by atoms with van der Waals surface area (Å²) in [5.74, 6) is -1.20. The molecule has 0 saturated carbocycles. The van der Waals surface area contributed by atoms with Gasteiger partial charge < -0.3 is 10.4 Å². The highest BCUT2D eigenvalue weighted by atomic mass is 79.9. The number of rotatable bonds is 3. The van der Waals surface area contributed by atoms with Crippen molar-refractivity contribution >= 4 is 27.7 Å². The van der Waals surface area contributed by atoms with Gasteiger partial charge in [-0.05, 0) is 24.3 Å². The van der Waals surface area contributed by atoms with Gasteiger partial charge in [0.25, 0.3) is 11.5 Å². The van der Waals surface area contributed by atoms with Crippen LogP contribution < -0.4 is 10.9 Å². The van der Waals surface area contributed by atoms with Crippen molar-refractivity contribution in [2.75, 3.05) is 5.32 Å². The van der Waals surface area contributed by atoms with Crippen molar-refractivity contribution in [3.63, 3.8) is 0 Å². The van der Waals surface area contributed by atoms with Crippen molar-refractivity contribution < 1.29 is 9.90 Å². The summed E-state index contributed by atoms with van der Waals surface area (Å²) < 4.78 is 3.11. The van der Waals surface area contributed by atoms with Crippen molar-refractivity contribution in [3.8, 4) is 17.5 Å². The van der Waals surface area contributed by atoms with Gasteiger partial charge in [-0.3, -0.25) is 14.3 Å². The molecule has 130 valence electrons. The fourth-order valence-electron chi connectivity index (χ4n) is 2.21. The van der Waals surface area contributed by atoms with E-state index in [0.717, 1.165) is 15.2 Å². The molecular formula is C16H11BrN6O3. The van der Waals surface area contributed by atoms with E-state index in [1.54, 1.807) is 31.3 Å². The van der Waals surface area contributed by atoms with E-state index in [4.69, 9.17) is 5.26 Å². The molecule has 2 N–H and O–H groups in total. The second kappa shape index (κ2) is 6.81. The number of carbonyl (C=O) groups is 1. The maximum absolute atomic E-state index is 12.5. The zero-order chi connectivity index (χ0) is 18.8. The summed E-state index contributed by atoms with van der Waals surface area (Å²) in [5.41, 5.74) is -0.385. The quantitative estimate of drug-likeness (QED) is 0.669. The molecule has 0 aliphatic rings. The third-order valence-corrected chi connectivity index (χ3v) is 4.02. The number of halogens is 1. The van der Waals surface area contributed by atoms with Gasteiger partial charge in [-0.2, -0.15) is 20.1 Å². The largest absolute Gasteiger partial charge is 0.505 e. The van der Waals surface area contributed by atoms with E-state index in [1.165, 1.54) is 10.9 Å². The van der Waals surface area contributed by atoms with Gasteiger partial charge in [0.1, 0.15) is 17.5 Å². The van der Waals surface area contributed by atoms with Crippen molar-refractivity contribution in [2.45, 2.75) is 0 Å². The molecule has 0 unspecified atom stereocenters. The van der Waals surface area contributed by atoms with Crippen LogP contribution in [0.3, 0.4) is 0 Å². The van der Waals surface area contributed by atoms with Crippen LogP contribution in [0.2, 0.25) is 0 Å². The Kier molecular flexibility index (Phi) is 4.55. The number of hydrogen-bond acceptors (Lipinski definition) is 6. The molecule has 3 aromatic rings. The second-order valence-corrected chi connectivity index (χ2v) is 6.12. The molecule has 0 aliphatic heterocycles. The number of amides is 1. The Morgan fingerprint density at radius 3 is 2.69 bits per heavy atom. The number of carbonyl (C=O) groups excluding carboxylic acids is 1. The summed E-state index contributed by atoms with van der Waals surface area (Å²) >= 11 is 3.29. The SMILES string of the molecule is Cn1ncc(C#N)c1NC(=O)c1nn(-c2ccc(Br)cc2)c(=O)cc1O. The second-order valence-electron chi connectivity index (χ2n) is 5.20. The lowest BCUT2D eigenvalue weighted by Gasteiger charge is -2.10. The van der Waals surface area contributed by atoms with Gasteiger partial charge in [-0.1, -0.05) is 15.9 Å². The number of nitrogens with zero attached hydrogens (tertiary/aromatic N) is 5. The summed E-state index contributed by atoms with van der Waals surface area (Å²) in [7, 11) is 1.55. The molecule has 2 heterocycles. The molecule has 3 rings (SSSR count). The molecule has 1 aromatic carbocycles. The highest BCUT2D eigenvalue weighted by molar-refractivity contribution is 9.10. The Morgan fingerprint density at radius 1 is 1.35 bits per heavy atom. The van der Waals surface area contributed by atoms with Crippen LogP contribution in [0.1, 0.15) is 16.1 Å². The molecule has 9 nitrogen and oxygen atoms in total. The van der Waals surface area contributed by atoms with Crippen molar-refractivity contribution in [1.29, 1.82) is 5.26 Å². The number of aryl methyl sites for hydroxylation is 1. The van der Waals surface area contributed by atoms with E-state index in [2.05, 4.69) is 31.4 Å². The summed E-state index contributed by atoms with van der Waals surface area (Å²) in [6, 6.07) is 9.49. The van der Waals surface area contributed by atoms with Gasteiger partial charge in [0.05, 0.1) is 11.9 Å². The predicted octanol–water partition coefficient (Wildman–Crippen LogP) is 1.56. The fraction of sp³-hybridized carbons (Fsp3) is 0.0625. The maximum Gasteiger partial charge on any atom is 0.281 e. The first-order valence-corrected chi connectivity index (χ1v) is 8.02. The number of hydrogen-bond donors (Lipinski definition) is 2. The van der Waals surface area contributed by atoms with Crippen LogP contribution in [0, 0.1) is 11.3 Å². The summed E-state index contributed by atoms with van der Waals surface area (Å²) in [6.45, 7) is 0. The number of anilines is 1. The molecule has 0 saturated heterocycles. The number of nitriles is 1. The van der Waals surface area contributed by atoms with Gasteiger partial charge in [0.15, 0.2) is 11.4 Å². The van der Waals surface area contributed by atoms with E-state index < -0.39 is 17.2 Å². The highest BCUT2D eigenvalue weighted by Crippen LogP contribution is 2.18. The number of aromatic hydroxyl groups is 1. The first-order valence-electron chi connectivity index (χ1n) is 7.23. The number of benzene rings is 1. The van der Waals surface area contributed by atoms with Gasteiger partial charge >= 0.3 is 0 Å². The van der Waals surface area contributed by atoms with Gasteiger partial charge in [-0.15, -0.1) is 0 Å². The van der Waals surface area contributed by atoms with Gasteiger partial charge in [0.2, 0.25) is 0 Å². The lowest BCUT2D eigenvalue weighted by molar-refractivity contribution is 0.101. The highest BCUT2D eigenvalue weighted by Gasteiger charge is 2.20. The Morgan fingerprint density at radius 2 is 2.04 bits per heavy atom. The minimum Gasteiger partial charge on any atom is -0.505 e. The lowest BCUT2D eigenvalue weighted by Crippen LogP contribution is -2.25. The maximum atomic E-state index is 12.5. The molecule has 26 heavy (non-hydrogen) atoms. The topological polar surface area (TPSA) is 126 Å². The third-order valence-electron chi connectivity index (χ3n) is 3.49. The molecule has 0 atom stereocenters. The molecule has 0 bridgehead atoms. The standard InChI is InChI=1S/C16H11BrN6O3/c1-22-15(9(7-18)8-19-22)20-16(26)14-12(24)6-13(25)23(21-14)11-4-2-10(17)3-5-11/h2-6,8,24H,1H3,(H,20,26). The fourth-order valence-corrected chi connectivity index (χ4v) is 2.47. The Balaban J connectivity index is 2.02. The molecule has 0 radical (unpaired) electrons. The third kappa shape index (κ3) is 3.20. The first kappa shape index (κ1) is 17.4. The van der Waals surface area contributed by atoms with Gasteiger partial charge in [0, 0.05) is 17.6 Å². The molecule has 1 amide bonds. The van der Waals surface area contributed by atoms with Crippen LogP contribution in [0.4, 0.5) is 5.82 Å². The molecule has 0 fully saturated rings. The summed E-state index contributed by atoms with van der Waals surface area (Å²) in [4.78, 5) is 24.6. The number of nitrogens with one attached hydrogen (secondary N) is 1. The average molecular weight is 415 g/mol.